The summed E-state index contributed by atoms with van der Waals surface area (Å²) in [5.41, 5.74) is 0.629. The Morgan fingerprint density at radius 3 is 3.06 bits per heavy atom. The van der Waals surface area contributed by atoms with E-state index in [-0.39, 0.29) is 11.4 Å². The van der Waals surface area contributed by atoms with Crippen LogP contribution in [0.4, 0.5) is 0 Å². The van der Waals surface area contributed by atoms with E-state index in [0.29, 0.717) is 11.5 Å². The van der Waals surface area contributed by atoms with Crippen molar-refractivity contribution in [2.75, 3.05) is 0 Å². The molecule has 2 atom stereocenters. The number of hydrogen-bond acceptors (Lipinski definition) is 4. The fourth-order valence-corrected chi connectivity index (χ4v) is 2.63. The van der Waals surface area contributed by atoms with Crippen LogP contribution in [0.15, 0.2) is 12.1 Å². The van der Waals surface area contributed by atoms with Gasteiger partial charge in [-0.2, -0.15) is 4.52 Å². The van der Waals surface area contributed by atoms with Crippen LogP contribution in [0.3, 0.4) is 0 Å². The summed E-state index contributed by atoms with van der Waals surface area (Å²) in [5.74, 6) is 1.31. The summed E-state index contributed by atoms with van der Waals surface area (Å²) in [5, 5.41) is 12.2. The molecular weight excluding hydrogens is 252 g/mol. The van der Waals surface area contributed by atoms with Gasteiger partial charge in [-0.15, -0.1) is 15.3 Å². The standard InChI is InChI=1S/C12H15ClN4O/c1-8-3-2-4-9(7-8)18-11-6-5-10-14-15-12(13)17(10)16-11/h5-6,8-9H,2-4,7H2,1H3. The lowest BCUT2D eigenvalue weighted by atomic mass is 9.89. The van der Waals surface area contributed by atoms with E-state index in [2.05, 4.69) is 22.2 Å². The average molecular weight is 267 g/mol. The van der Waals surface area contributed by atoms with Crippen molar-refractivity contribution >= 4 is 17.2 Å². The van der Waals surface area contributed by atoms with Crippen LogP contribution < -0.4 is 4.74 Å². The molecule has 1 aliphatic rings. The highest BCUT2D eigenvalue weighted by atomic mass is 35.5. The number of nitrogens with zero attached hydrogens (tertiary/aromatic N) is 4. The molecule has 1 saturated carbocycles. The molecule has 0 saturated heterocycles. The van der Waals surface area contributed by atoms with Gasteiger partial charge in [0.05, 0.1) is 0 Å². The highest BCUT2D eigenvalue weighted by Gasteiger charge is 2.20. The number of halogens is 1. The molecule has 0 bridgehead atoms. The summed E-state index contributed by atoms with van der Waals surface area (Å²) in [6.45, 7) is 2.27. The van der Waals surface area contributed by atoms with Gasteiger partial charge in [0.2, 0.25) is 11.2 Å². The van der Waals surface area contributed by atoms with E-state index < -0.39 is 0 Å². The van der Waals surface area contributed by atoms with Crippen molar-refractivity contribution < 1.29 is 4.74 Å². The van der Waals surface area contributed by atoms with Crippen molar-refractivity contribution in [3.05, 3.63) is 17.4 Å². The van der Waals surface area contributed by atoms with Crippen LogP contribution in [0.25, 0.3) is 5.65 Å². The summed E-state index contributed by atoms with van der Waals surface area (Å²) in [4.78, 5) is 0. The lowest BCUT2D eigenvalue weighted by Crippen LogP contribution is -2.24. The van der Waals surface area contributed by atoms with Crippen molar-refractivity contribution in [1.29, 1.82) is 0 Å². The molecule has 18 heavy (non-hydrogen) atoms. The first-order valence-corrected chi connectivity index (χ1v) is 6.65. The Balaban J connectivity index is 1.79. The van der Waals surface area contributed by atoms with Crippen molar-refractivity contribution in [3.8, 4) is 5.88 Å². The molecule has 0 spiro atoms. The van der Waals surface area contributed by atoms with Gasteiger partial charge in [0.1, 0.15) is 6.10 Å². The van der Waals surface area contributed by atoms with Crippen molar-refractivity contribution in [2.24, 2.45) is 5.92 Å². The van der Waals surface area contributed by atoms with Gasteiger partial charge < -0.3 is 4.74 Å². The molecule has 6 heteroatoms. The minimum atomic E-state index is 0.257. The average Bonchev–Trinajstić information content (AvgIpc) is 2.71. The maximum atomic E-state index is 5.91. The first-order valence-electron chi connectivity index (χ1n) is 6.27. The molecule has 2 unspecified atom stereocenters. The molecule has 2 aromatic rings. The number of fused-ring (bicyclic) bond motifs is 1. The monoisotopic (exact) mass is 266 g/mol. The van der Waals surface area contributed by atoms with Gasteiger partial charge in [-0.1, -0.05) is 13.3 Å². The fraction of sp³-hybridized carbons (Fsp3) is 0.583. The lowest BCUT2D eigenvalue weighted by molar-refractivity contribution is 0.122. The zero-order valence-corrected chi connectivity index (χ0v) is 11.0. The number of rotatable bonds is 2. The van der Waals surface area contributed by atoms with E-state index >= 15 is 0 Å². The minimum absolute atomic E-state index is 0.257. The molecular formula is C12H15ClN4O. The third-order valence-corrected chi connectivity index (χ3v) is 3.61. The largest absolute Gasteiger partial charge is 0.473 e. The van der Waals surface area contributed by atoms with Crippen LogP contribution in [-0.2, 0) is 0 Å². The van der Waals surface area contributed by atoms with Crippen molar-refractivity contribution in [2.45, 2.75) is 38.7 Å². The summed E-state index contributed by atoms with van der Waals surface area (Å²) in [6.07, 6.45) is 4.97. The van der Waals surface area contributed by atoms with Crippen LogP contribution in [0.5, 0.6) is 5.88 Å². The van der Waals surface area contributed by atoms with E-state index in [9.17, 15) is 0 Å². The van der Waals surface area contributed by atoms with E-state index in [1.165, 1.54) is 17.4 Å². The summed E-state index contributed by atoms with van der Waals surface area (Å²) in [6, 6.07) is 3.63. The third-order valence-electron chi connectivity index (χ3n) is 3.38. The quantitative estimate of drug-likeness (QED) is 0.839. The van der Waals surface area contributed by atoms with Gasteiger partial charge in [0, 0.05) is 6.07 Å². The first-order chi connectivity index (χ1) is 8.72. The highest BCUT2D eigenvalue weighted by molar-refractivity contribution is 6.28. The smallest absolute Gasteiger partial charge is 0.246 e. The number of ether oxygens (including phenoxy) is 1. The predicted octanol–water partition coefficient (Wildman–Crippen LogP) is 2.74. The Morgan fingerprint density at radius 1 is 1.33 bits per heavy atom. The Labute approximate surface area is 110 Å². The maximum Gasteiger partial charge on any atom is 0.246 e. The van der Waals surface area contributed by atoms with Crippen LogP contribution in [-0.4, -0.2) is 25.9 Å². The Kier molecular flexibility index (Phi) is 3.07. The number of hydrogen-bond donors (Lipinski definition) is 0. The molecule has 1 fully saturated rings. The molecule has 0 amide bonds. The molecule has 1 aliphatic carbocycles. The van der Waals surface area contributed by atoms with E-state index in [0.717, 1.165) is 18.8 Å². The van der Waals surface area contributed by atoms with Crippen molar-refractivity contribution in [3.63, 3.8) is 0 Å². The molecule has 2 heterocycles. The van der Waals surface area contributed by atoms with Gasteiger partial charge in [-0.05, 0) is 42.8 Å². The van der Waals surface area contributed by atoms with Crippen molar-refractivity contribution in [1.82, 2.24) is 19.8 Å². The highest BCUT2D eigenvalue weighted by Crippen LogP contribution is 2.26. The normalized spacial score (nSPS) is 24.3. The Bertz CT molecular complexity index is 556. The second-order valence-corrected chi connectivity index (χ2v) is 5.26. The van der Waals surface area contributed by atoms with Gasteiger partial charge >= 0.3 is 0 Å². The van der Waals surface area contributed by atoms with Gasteiger partial charge in [-0.3, -0.25) is 0 Å². The predicted molar refractivity (Wildman–Crippen MR) is 67.8 cm³/mol. The molecule has 3 rings (SSSR count). The van der Waals surface area contributed by atoms with Crippen LogP contribution >= 0.6 is 11.6 Å². The summed E-state index contributed by atoms with van der Waals surface area (Å²) < 4.78 is 7.40. The molecule has 0 aromatic carbocycles. The third kappa shape index (κ3) is 2.27. The van der Waals surface area contributed by atoms with Gasteiger partial charge in [0.15, 0.2) is 5.65 Å². The molecule has 0 radical (unpaired) electrons. The van der Waals surface area contributed by atoms with Gasteiger partial charge in [0.25, 0.3) is 0 Å². The molecule has 2 aromatic heterocycles. The summed E-state index contributed by atoms with van der Waals surface area (Å²) >= 11 is 5.88. The molecule has 5 nitrogen and oxygen atoms in total. The van der Waals surface area contributed by atoms with Crippen LogP contribution in [0.2, 0.25) is 5.28 Å². The summed E-state index contributed by atoms with van der Waals surface area (Å²) in [7, 11) is 0. The Morgan fingerprint density at radius 2 is 2.22 bits per heavy atom. The first kappa shape index (κ1) is 11.7. The molecule has 0 N–H and O–H groups in total. The SMILES string of the molecule is CC1CCCC(Oc2ccc3nnc(Cl)n3n2)C1. The lowest BCUT2D eigenvalue weighted by Gasteiger charge is -2.26. The van der Waals surface area contributed by atoms with Crippen LogP contribution in [0.1, 0.15) is 32.6 Å². The van der Waals surface area contributed by atoms with Gasteiger partial charge in [-0.25, -0.2) is 0 Å². The van der Waals surface area contributed by atoms with E-state index in [1.54, 1.807) is 0 Å². The zero-order valence-electron chi connectivity index (χ0n) is 10.2. The zero-order chi connectivity index (χ0) is 12.5. The van der Waals surface area contributed by atoms with E-state index in [4.69, 9.17) is 16.3 Å². The minimum Gasteiger partial charge on any atom is -0.473 e. The maximum absolute atomic E-state index is 5.91. The topological polar surface area (TPSA) is 52.3 Å². The molecule has 96 valence electrons. The fourth-order valence-electron chi connectivity index (χ4n) is 2.46. The number of aromatic nitrogens is 4. The molecule has 0 aliphatic heterocycles. The second-order valence-electron chi connectivity index (χ2n) is 4.92. The van der Waals surface area contributed by atoms with E-state index in [1.807, 2.05) is 12.1 Å². The Hall–Kier alpha value is -1.36. The second kappa shape index (κ2) is 4.72. The van der Waals surface area contributed by atoms with Crippen LogP contribution in [0, 0.1) is 5.92 Å².